The molecule has 0 radical (unpaired) electrons. The summed E-state index contributed by atoms with van der Waals surface area (Å²) in [6.07, 6.45) is 8.24. The third-order valence-corrected chi connectivity index (χ3v) is 4.97. The highest BCUT2D eigenvalue weighted by molar-refractivity contribution is 6.39. The molecule has 2 rings (SSSR count). The van der Waals surface area contributed by atoms with Crippen LogP contribution in [-0.4, -0.2) is 11.6 Å². The van der Waals surface area contributed by atoms with Gasteiger partial charge in [0.2, 0.25) is 11.6 Å². The first-order valence-electron chi connectivity index (χ1n) is 7.24. The number of fused-ring (bicyclic) bond motifs is 1. The van der Waals surface area contributed by atoms with Gasteiger partial charge in [0.05, 0.1) is 0 Å². The highest BCUT2D eigenvalue weighted by Crippen LogP contribution is 2.43. The van der Waals surface area contributed by atoms with Crippen LogP contribution in [0.15, 0.2) is 0 Å². The molecule has 0 aromatic heterocycles. The molecule has 2 aliphatic carbocycles. The summed E-state index contributed by atoms with van der Waals surface area (Å²) >= 11 is 0. The van der Waals surface area contributed by atoms with Crippen molar-refractivity contribution >= 4 is 11.6 Å². The molecule has 0 aromatic rings. The lowest BCUT2D eigenvalue weighted by atomic mass is 9.61. The molecular formula is C15H24O2. The summed E-state index contributed by atoms with van der Waals surface area (Å²) in [5, 5.41) is 0. The Hall–Kier alpha value is -0.660. The van der Waals surface area contributed by atoms with Crippen LogP contribution in [0.25, 0.3) is 0 Å². The predicted octanol–water partition coefficient (Wildman–Crippen LogP) is 3.39. The van der Waals surface area contributed by atoms with Crippen LogP contribution in [0.2, 0.25) is 0 Å². The van der Waals surface area contributed by atoms with Crippen LogP contribution in [0.4, 0.5) is 0 Å². The van der Waals surface area contributed by atoms with E-state index < -0.39 is 0 Å². The first-order valence-corrected chi connectivity index (χ1v) is 7.24. The van der Waals surface area contributed by atoms with Gasteiger partial charge in [-0.25, -0.2) is 0 Å². The molecule has 0 spiro atoms. The van der Waals surface area contributed by atoms with Crippen LogP contribution in [-0.2, 0) is 9.59 Å². The fourth-order valence-electron chi connectivity index (χ4n) is 3.95. The van der Waals surface area contributed by atoms with Gasteiger partial charge in [0.15, 0.2) is 0 Å². The highest BCUT2D eigenvalue weighted by Gasteiger charge is 2.46. The van der Waals surface area contributed by atoms with Crippen molar-refractivity contribution in [1.29, 1.82) is 0 Å². The molecule has 0 N–H and O–H groups in total. The normalized spacial score (nSPS) is 39.4. The lowest BCUT2D eigenvalue weighted by Gasteiger charge is -2.41. The van der Waals surface area contributed by atoms with E-state index in [4.69, 9.17) is 0 Å². The standard InChI is InChI=1S/C15H24O2/c1-3-11-13-9-7-5-4-6-8-12(13)10(2)14(16)15(11)17/h10-13H,3-9H2,1-2H3. The number of carbonyl (C=O) groups is 2. The van der Waals surface area contributed by atoms with Crippen molar-refractivity contribution in [3.05, 3.63) is 0 Å². The van der Waals surface area contributed by atoms with E-state index >= 15 is 0 Å². The first kappa shape index (κ1) is 12.8. The molecule has 0 bridgehead atoms. The molecule has 0 heterocycles. The van der Waals surface area contributed by atoms with E-state index in [9.17, 15) is 9.59 Å². The molecule has 0 amide bonds. The van der Waals surface area contributed by atoms with Gasteiger partial charge in [-0.1, -0.05) is 39.5 Å². The monoisotopic (exact) mass is 236 g/mol. The van der Waals surface area contributed by atoms with Gasteiger partial charge in [0, 0.05) is 11.8 Å². The number of ketones is 2. The minimum Gasteiger partial charge on any atom is -0.291 e. The van der Waals surface area contributed by atoms with Gasteiger partial charge in [-0.05, 0) is 31.1 Å². The highest BCUT2D eigenvalue weighted by atomic mass is 16.2. The summed E-state index contributed by atoms with van der Waals surface area (Å²) in [7, 11) is 0. The van der Waals surface area contributed by atoms with E-state index in [1.165, 1.54) is 25.7 Å². The van der Waals surface area contributed by atoms with Crippen LogP contribution in [0.5, 0.6) is 0 Å². The molecule has 2 heteroatoms. The van der Waals surface area contributed by atoms with Crippen LogP contribution in [0.1, 0.15) is 58.8 Å². The Bertz CT molecular complexity index is 308. The maximum atomic E-state index is 12.1. The van der Waals surface area contributed by atoms with Gasteiger partial charge in [-0.15, -0.1) is 0 Å². The lowest BCUT2D eigenvalue weighted by Crippen LogP contribution is -2.46. The van der Waals surface area contributed by atoms with Crippen molar-refractivity contribution in [2.24, 2.45) is 23.7 Å². The van der Waals surface area contributed by atoms with Gasteiger partial charge in [-0.2, -0.15) is 0 Å². The van der Waals surface area contributed by atoms with Gasteiger partial charge in [0.25, 0.3) is 0 Å². The van der Waals surface area contributed by atoms with Crippen LogP contribution in [0, 0.1) is 23.7 Å². The fraction of sp³-hybridized carbons (Fsp3) is 0.867. The van der Waals surface area contributed by atoms with Crippen molar-refractivity contribution in [2.75, 3.05) is 0 Å². The van der Waals surface area contributed by atoms with Gasteiger partial charge < -0.3 is 0 Å². The SMILES string of the molecule is CCC1C(=O)C(=O)C(C)C2CCCCCCC12. The zero-order valence-corrected chi connectivity index (χ0v) is 11.1. The molecule has 4 atom stereocenters. The number of hydrogen-bond acceptors (Lipinski definition) is 2. The Balaban J connectivity index is 2.24. The molecular weight excluding hydrogens is 212 g/mol. The minimum atomic E-state index is -0.0846. The molecule has 2 saturated carbocycles. The molecule has 0 aliphatic heterocycles. The Morgan fingerprint density at radius 3 is 2.12 bits per heavy atom. The van der Waals surface area contributed by atoms with Crippen molar-refractivity contribution in [3.63, 3.8) is 0 Å². The predicted molar refractivity (Wildman–Crippen MR) is 67.6 cm³/mol. The topological polar surface area (TPSA) is 34.1 Å². The molecule has 4 unspecified atom stereocenters. The van der Waals surface area contributed by atoms with E-state index in [0.29, 0.717) is 11.8 Å². The Morgan fingerprint density at radius 2 is 1.53 bits per heavy atom. The molecule has 96 valence electrons. The summed E-state index contributed by atoms with van der Waals surface area (Å²) in [6.45, 7) is 4.03. The number of carbonyl (C=O) groups excluding carboxylic acids is 2. The van der Waals surface area contributed by atoms with E-state index in [2.05, 4.69) is 6.92 Å². The Kier molecular flexibility index (Phi) is 4.01. The zero-order valence-electron chi connectivity index (χ0n) is 11.1. The molecule has 2 aliphatic rings. The smallest absolute Gasteiger partial charge is 0.202 e. The summed E-state index contributed by atoms with van der Waals surface area (Å²) in [5.74, 6) is 0.821. The molecule has 2 fully saturated rings. The first-order chi connectivity index (χ1) is 8.16. The third kappa shape index (κ3) is 2.31. The summed E-state index contributed by atoms with van der Waals surface area (Å²) in [4.78, 5) is 24.1. The average Bonchev–Trinajstić information content (AvgIpc) is 2.29. The van der Waals surface area contributed by atoms with Crippen molar-refractivity contribution < 1.29 is 9.59 Å². The van der Waals surface area contributed by atoms with Crippen molar-refractivity contribution in [3.8, 4) is 0 Å². The molecule has 2 nitrogen and oxygen atoms in total. The largest absolute Gasteiger partial charge is 0.291 e. The molecule has 0 saturated heterocycles. The van der Waals surface area contributed by atoms with Crippen LogP contribution < -0.4 is 0 Å². The van der Waals surface area contributed by atoms with Crippen LogP contribution in [0.3, 0.4) is 0 Å². The van der Waals surface area contributed by atoms with Crippen molar-refractivity contribution in [2.45, 2.75) is 58.8 Å². The summed E-state index contributed by atoms with van der Waals surface area (Å²) in [6, 6.07) is 0. The van der Waals surface area contributed by atoms with E-state index in [0.717, 1.165) is 19.3 Å². The Labute approximate surface area is 104 Å². The second-order valence-corrected chi connectivity index (χ2v) is 5.85. The van der Waals surface area contributed by atoms with Gasteiger partial charge in [-0.3, -0.25) is 9.59 Å². The van der Waals surface area contributed by atoms with Crippen molar-refractivity contribution in [1.82, 2.24) is 0 Å². The maximum absolute atomic E-state index is 12.1. The van der Waals surface area contributed by atoms with E-state index in [1.54, 1.807) is 0 Å². The van der Waals surface area contributed by atoms with Gasteiger partial charge >= 0.3 is 0 Å². The van der Waals surface area contributed by atoms with E-state index in [-0.39, 0.29) is 23.4 Å². The minimum absolute atomic E-state index is 0.0200. The molecule has 17 heavy (non-hydrogen) atoms. The maximum Gasteiger partial charge on any atom is 0.202 e. The summed E-state index contributed by atoms with van der Waals surface area (Å²) in [5.41, 5.74) is 0. The number of hydrogen-bond donors (Lipinski definition) is 0. The lowest BCUT2D eigenvalue weighted by molar-refractivity contribution is -0.149. The zero-order chi connectivity index (χ0) is 12.4. The fourth-order valence-corrected chi connectivity index (χ4v) is 3.95. The second-order valence-electron chi connectivity index (χ2n) is 5.85. The third-order valence-electron chi connectivity index (χ3n) is 4.97. The second kappa shape index (κ2) is 5.32. The molecule has 0 aromatic carbocycles. The van der Waals surface area contributed by atoms with E-state index in [1.807, 2.05) is 6.92 Å². The van der Waals surface area contributed by atoms with Crippen LogP contribution >= 0.6 is 0 Å². The number of rotatable bonds is 1. The average molecular weight is 236 g/mol. The summed E-state index contributed by atoms with van der Waals surface area (Å²) < 4.78 is 0. The number of Topliss-reactive ketones (excluding diaryl/α,β-unsaturated/α-hetero) is 2. The Morgan fingerprint density at radius 1 is 0.941 bits per heavy atom. The quantitative estimate of drug-likeness (QED) is 0.654. The van der Waals surface area contributed by atoms with Gasteiger partial charge in [0.1, 0.15) is 0 Å².